The molecule has 19 heavy (non-hydrogen) atoms. The molecular formula is C15H25N3O. The van der Waals surface area contributed by atoms with Crippen molar-refractivity contribution in [3.05, 3.63) is 29.8 Å². The van der Waals surface area contributed by atoms with E-state index in [1.807, 2.05) is 12.1 Å². The number of methoxy groups -OCH3 is 1. The van der Waals surface area contributed by atoms with Crippen LogP contribution in [0.25, 0.3) is 0 Å². The fourth-order valence-electron chi connectivity index (χ4n) is 2.93. The third kappa shape index (κ3) is 3.26. The van der Waals surface area contributed by atoms with Crippen LogP contribution in [0.4, 0.5) is 0 Å². The molecule has 0 aliphatic carbocycles. The number of hydrogen-bond donors (Lipinski definition) is 1. The van der Waals surface area contributed by atoms with Crippen molar-refractivity contribution in [2.75, 3.05) is 40.3 Å². The van der Waals surface area contributed by atoms with Gasteiger partial charge < -0.3 is 15.4 Å². The quantitative estimate of drug-likeness (QED) is 0.890. The fraction of sp³-hybridized carbons (Fsp3) is 0.600. The van der Waals surface area contributed by atoms with E-state index in [9.17, 15) is 0 Å². The fourth-order valence-corrected chi connectivity index (χ4v) is 2.93. The van der Waals surface area contributed by atoms with Gasteiger partial charge in [-0.25, -0.2) is 0 Å². The highest BCUT2D eigenvalue weighted by Crippen LogP contribution is 2.26. The lowest BCUT2D eigenvalue weighted by molar-refractivity contribution is 0.0635. The Labute approximate surface area is 116 Å². The van der Waals surface area contributed by atoms with Gasteiger partial charge in [-0.3, -0.25) is 4.90 Å². The van der Waals surface area contributed by atoms with Gasteiger partial charge in [0.15, 0.2) is 0 Å². The Bertz CT molecular complexity index is 410. The van der Waals surface area contributed by atoms with Crippen LogP contribution < -0.4 is 10.5 Å². The molecule has 1 aromatic rings. The highest BCUT2D eigenvalue weighted by atomic mass is 16.5. The maximum absolute atomic E-state index is 6.03. The van der Waals surface area contributed by atoms with Crippen molar-refractivity contribution in [2.45, 2.75) is 19.0 Å². The first kappa shape index (κ1) is 14.3. The maximum atomic E-state index is 6.03. The van der Waals surface area contributed by atoms with Gasteiger partial charge in [-0.2, -0.15) is 0 Å². The first-order valence-corrected chi connectivity index (χ1v) is 6.94. The normalized spacial score (nSPS) is 23.3. The standard InChI is InChI=1S/C15H25N3O/c1-12-11-17(2)7-8-18(12)15(10-16)13-5-4-6-14(9-13)19-3/h4-6,9,12,15H,7-8,10-11,16H2,1-3H3. The van der Waals surface area contributed by atoms with Crippen LogP contribution in [0.1, 0.15) is 18.5 Å². The third-order valence-corrected chi connectivity index (χ3v) is 3.98. The molecule has 4 heteroatoms. The lowest BCUT2D eigenvalue weighted by Gasteiger charge is -2.42. The summed E-state index contributed by atoms with van der Waals surface area (Å²) in [6.07, 6.45) is 0. The first-order valence-electron chi connectivity index (χ1n) is 6.94. The van der Waals surface area contributed by atoms with E-state index < -0.39 is 0 Å². The van der Waals surface area contributed by atoms with E-state index in [4.69, 9.17) is 10.5 Å². The van der Waals surface area contributed by atoms with Gasteiger partial charge in [-0.05, 0) is 31.7 Å². The second-order valence-electron chi connectivity index (χ2n) is 5.38. The summed E-state index contributed by atoms with van der Waals surface area (Å²) in [4.78, 5) is 4.88. The Morgan fingerprint density at radius 2 is 2.21 bits per heavy atom. The summed E-state index contributed by atoms with van der Waals surface area (Å²) in [6, 6.07) is 9.06. The Hall–Kier alpha value is -1.10. The zero-order chi connectivity index (χ0) is 13.8. The summed E-state index contributed by atoms with van der Waals surface area (Å²) in [5, 5.41) is 0. The molecule has 4 nitrogen and oxygen atoms in total. The van der Waals surface area contributed by atoms with Crippen LogP contribution in [-0.2, 0) is 0 Å². The topological polar surface area (TPSA) is 41.7 Å². The van der Waals surface area contributed by atoms with Crippen LogP contribution in [-0.4, -0.2) is 56.2 Å². The zero-order valence-corrected chi connectivity index (χ0v) is 12.2. The molecule has 1 saturated heterocycles. The summed E-state index contributed by atoms with van der Waals surface area (Å²) < 4.78 is 5.31. The molecular weight excluding hydrogens is 238 g/mol. The molecule has 1 heterocycles. The van der Waals surface area contributed by atoms with Gasteiger partial charge in [0.1, 0.15) is 5.75 Å². The predicted octanol–water partition coefficient (Wildman–Crippen LogP) is 1.33. The molecule has 2 N–H and O–H groups in total. The SMILES string of the molecule is COc1cccc(C(CN)N2CCN(C)CC2C)c1. The van der Waals surface area contributed by atoms with Crippen molar-refractivity contribution in [1.29, 1.82) is 0 Å². The van der Waals surface area contributed by atoms with Gasteiger partial charge in [0, 0.05) is 38.3 Å². The van der Waals surface area contributed by atoms with E-state index in [1.54, 1.807) is 7.11 Å². The molecule has 0 bridgehead atoms. The Morgan fingerprint density at radius 1 is 1.42 bits per heavy atom. The van der Waals surface area contributed by atoms with Crippen LogP contribution >= 0.6 is 0 Å². The van der Waals surface area contributed by atoms with Crippen molar-refractivity contribution < 1.29 is 4.74 Å². The van der Waals surface area contributed by atoms with E-state index in [0.717, 1.165) is 25.4 Å². The van der Waals surface area contributed by atoms with Crippen molar-refractivity contribution in [3.8, 4) is 5.75 Å². The van der Waals surface area contributed by atoms with E-state index in [0.29, 0.717) is 12.6 Å². The van der Waals surface area contributed by atoms with Gasteiger partial charge >= 0.3 is 0 Å². The van der Waals surface area contributed by atoms with E-state index in [-0.39, 0.29) is 6.04 Å². The van der Waals surface area contributed by atoms with Crippen LogP contribution in [0.3, 0.4) is 0 Å². The Kier molecular flexibility index (Phi) is 4.80. The third-order valence-electron chi connectivity index (χ3n) is 3.98. The van der Waals surface area contributed by atoms with Gasteiger partial charge in [0.25, 0.3) is 0 Å². The molecule has 0 aromatic heterocycles. The Balaban J connectivity index is 2.18. The second-order valence-corrected chi connectivity index (χ2v) is 5.38. The molecule has 0 saturated carbocycles. The van der Waals surface area contributed by atoms with Crippen molar-refractivity contribution in [3.63, 3.8) is 0 Å². The van der Waals surface area contributed by atoms with Crippen LogP contribution in [0.5, 0.6) is 5.75 Å². The lowest BCUT2D eigenvalue weighted by Crippen LogP contribution is -2.52. The highest BCUT2D eigenvalue weighted by molar-refractivity contribution is 5.31. The van der Waals surface area contributed by atoms with Gasteiger partial charge in [0.05, 0.1) is 7.11 Å². The molecule has 106 valence electrons. The molecule has 2 atom stereocenters. The van der Waals surface area contributed by atoms with E-state index >= 15 is 0 Å². The Morgan fingerprint density at radius 3 is 2.84 bits per heavy atom. The molecule has 1 aliphatic heterocycles. The van der Waals surface area contributed by atoms with Crippen LogP contribution in [0, 0.1) is 0 Å². The lowest BCUT2D eigenvalue weighted by atomic mass is 10.0. The number of hydrogen-bond acceptors (Lipinski definition) is 4. The first-order chi connectivity index (χ1) is 9.15. The number of nitrogens with two attached hydrogens (primary N) is 1. The van der Waals surface area contributed by atoms with Crippen molar-refractivity contribution in [2.24, 2.45) is 5.73 Å². The molecule has 0 spiro atoms. The second kappa shape index (κ2) is 6.37. The van der Waals surface area contributed by atoms with Gasteiger partial charge in [-0.15, -0.1) is 0 Å². The minimum atomic E-state index is 0.277. The van der Waals surface area contributed by atoms with Crippen LogP contribution in [0.2, 0.25) is 0 Å². The number of rotatable bonds is 4. The zero-order valence-electron chi connectivity index (χ0n) is 12.2. The van der Waals surface area contributed by atoms with Crippen LogP contribution in [0.15, 0.2) is 24.3 Å². The molecule has 2 unspecified atom stereocenters. The summed E-state index contributed by atoms with van der Waals surface area (Å²) >= 11 is 0. The van der Waals surface area contributed by atoms with E-state index in [1.165, 1.54) is 5.56 Å². The summed E-state index contributed by atoms with van der Waals surface area (Å²) in [5.74, 6) is 0.901. The minimum Gasteiger partial charge on any atom is -0.497 e. The summed E-state index contributed by atoms with van der Waals surface area (Å²) in [7, 11) is 3.88. The molecule has 0 amide bonds. The number of likely N-dealkylation sites (N-methyl/N-ethyl adjacent to an activating group) is 1. The largest absolute Gasteiger partial charge is 0.497 e. The monoisotopic (exact) mass is 263 g/mol. The molecule has 0 radical (unpaired) electrons. The minimum absolute atomic E-state index is 0.277. The number of nitrogens with zero attached hydrogens (tertiary/aromatic N) is 2. The maximum Gasteiger partial charge on any atom is 0.119 e. The number of ether oxygens (including phenoxy) is 1. The molecule has 1 aliphatic rings. The van der Waals surface area contributed by atoms with Crippen molar-refractivity contribution >= 4 is 0 Å². The molecule has 2 rings (SSSR count). The molecule has 1 fully saturated rings. The number of benzene rings is 1. The van der Waals surface area contributed by atoms with Crippen molar-refractivity contribution in [1.82, 2.24) is 9.80 Å². The summed E-state index contributed by atoms with van der Waals surface area (Å²) in [5.41, 5.74) is 7.28. The smallest absolute Gasteiger partial charge is 0.119 e. The van der Waals surface area contributed by atoms with E-state index in [2.05, 4.69) is 35.9 Å². The number of piperazine rings is 1. The predicted molar refractivity (Wildman–Crippen MR) is 78.5 cm³/mol. The van der Waals surface area contributed by atoms with Gasteiger partial charge in [0.2, 0.25) is 0 Å². The average Bonchev–Trinajstić information content (AvgIpc) is 2.42. The highest BCUT2D eigenvalue weighted by Gasteiger charge is 2.28. The van der Waals surface area contributed by atoms with Gasteiger partial charge in [-0.1, -0.05) is 12.1 Å². The molecule has 1 aromatic carbocycles. The average molecular weight is 263 g/mol. The summed E-state index contributed by atoms with van der Waals surface area (Å²) in [6.45, 7) is 6.18.